The number of aliphatic hydroxyl groups excluding tert-OH is 1. The number of aliphatic hydroxyl groups is 1. The lowest BCUT2D eigenvalue weighted by Crippen LogP contribution is -2.06. The summed E-state index contributed by atoms with van der Waals surface area (Å²) in [6.45, 7) is 1.91. The Morgan fingerprint density at radius 2 is 2.17 bits per heavy atom. The first-order chi connectivity index (χ1) is 8.66. The Hall–Kier alpha value is -1.72. The van der Waals surface area contributed by atoms with Crippen LogP contribution in [0.5, 0.6) is 0 Å². The molecule has 0 radical (unpaired) electrons. The van der Waals surface area contributed by atoms with Crippen molar-refractivity contribution in [3.63, 3.8) is 0 Å². The van der Waals surface area contributed by atoms with Gasteiger partial charge < -0.3 is 9.67 Å². The average Bonchev–Trinajstić information content (AvgIpc) is 2.96. The van der Waals surface area contributed by atoms with Crippen LogP contribution >= 0.6 is 11.3 Å². The largest absolute Gasteiger partial charge is 0.382 e. The molecule has 18 heavy (non-hydrogen) atoms. The Kier molecular flexibility index (Phi) is 2.65. The molecule has 0 bridgehead atoms. The minimum absolute atomic E-state index is 0.685. The van der Waals surface area contributed by atoms with Gasteiger partial charge in [0.25, 0.3) is 0 Å². The van der Waals surface area contributed by atoms with E-state index in [1.54, 1.807) is 23.7 Å². The minimum Gasteiger partial charge on any atom is -0.382 e. The molecule has 4 nitrogen and oxygen atoms in total. The van der Waals surface area contributed by atoms with Crippen molar-refractivity contribution in [3.8, 4) is 0 Å². The Bertz CT molecular complexity index is 701. The van der Waals surface area contributed by atoms with E-state index in [-0.39, 0.29) is 0 Å². The monoisotopic (exact) mass is 259 g/mol. The molecule has 1 atom stereocenters. The maximum Gasteiger partial charge on any atom is 0.122 e. The number of hydrogen-bond donors (Lipinski definition) is 1. The van der Waals surface area contributed by atoms with Gasteiger partial charge in [-0.3, -0.25) is 4.98 Å². The summed E-state index contributed by atoms with van der Waals surface area (Å²) in [7, 11) is 1.90. The second-order valence-electron chi connectivity index (χ2n) is 4.26. The molecule has 0 aliphatic heterocycles. The van der Waals surface area contributed by atoms with Crippen molar-refractivity contribution in [2.75, 3.05) is 0 Å². The molecule has 3 heterocycles. The second-order valence-corrected chi connectivity index (χ2v) is 5.21. The van der Waals surface area contributed by atoms with Crippen molar-refractivity contribution < 1.29 is 5.11 Å². The summed E-state index contributed by atoms with van der Waals surface area (Å²) in [6, 6.07) is 3.96. The zero-order valence-corrected chi connectivity index (χ0v) is 11.0. The number of thiophene rings is 1. The predicted molar refractivity (Wildman–Crippen MR) is 71.6 cm³/mol. The number of nitrogens with zero attached hydrogens (tertiary/aromatic N) is 3. The fourth-order valence-corrected chi connectivity index (χ4v) is 2.74. The topological polar surface area (TPSA) is 50.9 Å². The summed E-state index contributed by atoms with van der Waals surface area (Å²) >= 11 is 1.63. The van der Waals surface area contributed by atoms with Crippen molar-refractivity contribution in [3.05, 3.63) is 47.0 Å². The van der Waals surface area contributed by atoms with Crippen LogP contribution in [0.25, 0.3) is 10.2 Å². The zero-order valence-electron chi connectivity index (χ0n) is 10.2. The molecule has 0 aliphatic rings. The number of aryl methyl sites for hydroxylation is 1. The third kappa shape index (κ3) is 1.72. The van der Waals surface area contributed by atoms with Gasteiger partial charge in [-0.05, 0) is 24.4 Å². The number of aromatic nitrogens is 3. The van der Waals surface area contributed by atoms with Crippen LogP contribution in [0.2, 0.25) is 0 Å². The van der Waals surface area contributed by atoms with Crippen molar-refractivity contribution in [1.82, 2.24) is 14.5 Å². The van der Waals surface area contributed by atoms with Crippen molar-refractivity contribution in [1.29, 1.82) is 0 Å². The smallest absolute Gasteiger partial charge is 0.122 e. The molecule has 0 spiro atoms. The van der Waals surface area contributed by atoms with Gasteiger partial charge in [0, 0.05) is 18.8 Å². The molecule has 92 valence electrons. The van der Waals surface area contributed by atoms with Crippen LogP contribution in [-0.2, 0) is 7.05 Å². The Morgan fingerprint density at radius 3 is 2.89 bits per heavy atom. The number of imidazole rings is 1. The molecule has 3 aromatic heterocycles. The lowest BCUT2D eigenvalue weighted by atomic mass is 10.1. The summed E-state index contributed by atoms with van der Waals surface area (Å²) in [4.78, 5) is 8.55. The molecule has 0 saturated heterocycles. The van der Waals surface area contributed by atoms with Crippen LogP contribution in [0.4, 0.5) is 0 Å². The summed E-state index contributed by atoms with van der Waals surface area (Å²) in [5.41, 5.74) is 2.55. The van der Waals surface area contributed by atoms with Gasteiger partial charge in [0.15, 0.2) is 0 Å². The van der Waals surface area contributed by atoms with Gasteiger partial charge in [0.05, 0.1) is 22.1 Å². The maximum atomic E-state index is 10.4. The van der Waals surface area contributed by atoms with Crippen LogP contribution in [0.1, 0.15) is 23.2 Å². The second kappa shape index (κ2) is 4.19. The summed E-state index contributed by atoms with van der Waals surface area (Å²) in [5.74, 6) is 0.884. The molecular weight excluding hydrogens is 246 g/mol. The molecule has 0 amide bonds. The van der Waals surface area contributed by atoms with E-state index in [4.69, 9.17) is 0 Å². The first-order valence-electron chi connectivity index (χ1n) is 5.66. The van der Waals surface area contributed by atoms with Gasteiger partial charge in [-0.15, -0.1) is 11.3 Å². The summed E-state index contributed by atoms with van der Waals surface area (Å²) in [5, 5.41) is 12.4. The lowest BCUT2D eigenvalue weighted by molar-refractivity contribution is 0.211. The van der Waals surface area contributed by atoms with E-state index in [9.17, 15) is 5.11 Å². The van der Waals surface area contributed by atoms with E-state index in [2.05, 4.69) is 9.97 Å². The molecule has 0 saturated carbocycles. The molecular formula is C13H13N3OS. The van der Waals surface area contributed by atoms with Crippen molar-refractivity contribution in [2.24, 2.45) is 7.05 Å². The van der Waals surface area contributed by atoms with Crippen LogP contribution in [0.15, 0.2) is 29.9 Å². The highest BCUT2D eigenvalue weighted by Crippen LogP contribution is 2.26. The predicted octanol–water partition coefficient (Wildman–Crippen LogP) is 2.42. The first kappa shape index (κ1) is 11.4. The summed E-state index contributed by atoms with van der Waals surface area (Å²) in [6.07, 6.45) is 2.75. The van der Waals surface area contributed by atoms with E-state index in [0.717, 1.165) is 27.3 Å². The third-order valence-electron chi connectivity index (χ3n) is 3.18. The standard InChI is InChI=1S/C13H13N3OS/c1-8-14-7-11(16(8)2)13(17)9-5-12-10(15-6-9)3-4-18-12/h3-7,13,17H,1-2H3. The van der Waals surface area contributed by atoms with Crippen molar-refractivity contribution in [2.45, 2.75) is 13.0 Å². The minimum atomic E-state index is -0.685. The fourth-order valence-electron chi connectivity index (χ4n) is 1.96. The first-order valence-corrected chi connectivity index (χ1v) is 6.54. The fraction of sp³-hybridized carbons (Fsp3) is 0.231. The Balaban J connectivity index is 2.05. The third-order valence-corrected chi connectivity index (χ3v) is 4.03. The number of hydrogen-bond acceptors (Lipinski definition) is 4. The zero-order chi connectivity index (χ0) is 12.7. The number of fused-ring (bicyclic) bond motifs is 1. The highest BCUT2D eigenvalue weighted by Gasteiger charge is 2.16. The highest BCUT2D eigenvalue weighted by atomic mass is 32.1. The van der Waals surface area contributed by atoms with Gasteiger partial charge >= 0.3 is 0 Å². The van der Waals surface area contributed by atoms with Gasteiger partial charge in [-0.2, -0.15) is 0 Å². The van der Waals surface area contributed by atoms with Gasteiger partial charge in [-0.25, -0.2) is 4.98 Å². The number of pyridine rings is 1. The molecule has 5 heteroatoms. The van der Waals surface area contributed by atoms with Gasteiger partial charge in [-0.1, -0.05) is 0 Å². The van der Waals surface area contributed by atoms with E-state index in [1.165, 1.54) is 0 Å². The van der Waals surface area contributed by atoms with E-state index in [1.807, 2.05) is 36.1 Å². The molecule has 3 rings (SSSR count). The summed E-state index contributed by atoms with van der Waals surface area (Å²) < 4.78 is 2.98. The molecule has 0 fully saturated rings. The molecule has 0 aromatic carbocycles. The SMILES string of the molecule is Cc1ncc(C(O)c2cnc3ccsc3c2)n1C. The molecule has 0 aliphatic carbocycles. The van der Waals surface area contributed by atoms with E-state index < -0.39 is 6.10 Å². The number of rotatable bonds is 2. The molecule has 1 N–H and O–H groups in total. The Morgan fingerprint density at radius 1 is 1.33 bits per heavy atom. The quantitative estimate of drug-likeness (QED) is 0.769. The molecule has 3 aromatic rings. The normalized spacial score (nSPS) is 13.1. The van der Waals surface area contributed by atoms with E-state index in [0.29, 0.717) is 0 Å². The highest BCUT2D eigenvalue weighted by molar-refractivity contribution is 7.17. The van der Waals surface area contributed by atoms with Crippen LogP contribution in [0.3, 0.4) is 0 Å². The van der Waals surface area contributed by atoms with Crippen LogP contribution in [0, 0.1) is 6.92 Å². The maximum absolute atomic E-state index is 10.4. The lowest BCUT2D eigenvalue weighted by Gasteiger charge is -2.11. The van der Waals surface area contributed by atoms with Crippen molar-refractivity contribution >= 4 is 21.6 Å². The average molecular weight is 259 g/mol. The Labute approximate surface area is 109 Å². The van der Waals surface area contributed by atoms with Crippen LogP contribution in [-0.4, -0.2) is 19.6 Å². The molecule has 1 unspecified atom stereocenters. The van der Waals surface area contributed by atoms with Crippen LogP contribution < -0.4 is 0 Å². The van der Waals surface area contributed by atoms with E-state index >= 15 is 0 Å². The van der Waals surface area contributed by atoms with Gasteiger partial charge in [0.2, 0.25) is 0 Å². The van der Waals surface area contributed by atoms with Gasteiger partial charge in [0.1, 0.15) is 11.9 Å².